The monoisotopic (exact) mass is 306 g/mol. The molecule has 0 spiro atoms. The summed E-state index contributed by atoms with van der Waals surface area (Å²) in [6.45, 7) is 3.29. The summed E-state index contributed by atoms with van der Waals surface area (Å²) in [5.41, 5.74) is 0. The van der Waals surface area contributed by atoms with E-state index < -0.39 is 0 Å². The minimum atomic E-state index is 0.499. The molecule has 3 rings (SSSR count). The molecule has 4 heteroatoms. The summed E-state index contributed by atoms with van der Waals surface area (Å²) in [4.78, 5) is 5.94. The van der Waals surface area contributed by atoms with Crippen LogP contribution < -0.4 is 5.32 Å². The van der Waals surface area contributed by atoms with Crippen LogP contribution in [0.1, 0.15) is 54.5 Å². The molecule has 1 aliphatic carbocycles. The van der Waals surface area contributed by atoms with Crippen molar-refractivity contribution in [3.05, 3.63) is 39.0 Å². The van der Waals surface area contributed by atoms with Gasteiger partial charge in [-0.15, -0.1) is 22.7 Å². The minimum absolute atomic E-state index is 0.499. The summed E-state index contributed by atoms with van der Waals surface area (Å²) >= 11 is 3.66. The zero-order valence-electron chi connectivity index (χ0n) is 11.9. The lowest BCUT2D eigenvalue weighted by Gasteiger charge is -2.25. The number of hydrogen-bond acceptors (Lipinski definition) is 4. The Hall–Kier alpha value is -0.710. The quantitative estimate of drug-likeness (QED) is 0.827. The van der Waals surface area contributed by atoms with E-state index in [0.29, 0.717) is 12.0 Å². The first-order valence-corrected chi connectivity index (χ1v) is 9.26. The first kappa shape index (κ1) is 14.2. The molecule has 2 heterocycles. The number of nitrogens with zero attached hydrogens (tertiary/aromatic N) is 1. The molecule has 0 aliphatic heterocycles. The maximum absolute atomic E-state index is 4.44. The van der Waals surface area contributed by atoms with Crippen LogP contribution in [0.3, 0.4) is 0 Å². The molecule has 2 aromatic heterocycles. The van der Waals surface area contributed by atoms with E-state index in [2.05, 4.69) is 40.1 Å². The highest BCUT2D eigenvalue weighted by Crippen LogP contribution is 2.37. The van der Waals surface area contributed by atoms with Gasteiger partial charge in [0.25, 0.3) is 0 Å². The molecular formula is C16H22N2S2. The van der Waals surface area contributed by atoms with Crippen molar-refractivity contribution in [2.75, 3.05) is 6.54 Å². The average molecular weight is 306 g/mol. The van der Waals surface area contributed by atoms with E-state index in [4.69, 9.17) is 0 Å². The van der Waals surface area contributed by atoms with Gasteiger partial charge in [0.1, 0.15) is 0 Å². The molecule has 1 N–H and O–H groups in total. The Morgan fingerprint density at radius 3 is 2.80 bits per heavy atom. The third-order valence-corrected chi connectivity index (χ3v) is 6.20. The van der Waals surface area contributed by atoms with Gasteiger partial charge in [-0.1, -0.05) is 25.8 Å². The van der Waals surface area contributed by atoms with Gasteiger partial charge in [0, 0.05) is 35.0 Å². The second-order valence-corrected chi connectivity index (χ2v) is 7.62. The Kier molecular flexibility index (Phi) is 4.86. The summed E-state index contributed by atoms with van der Waals surface area (Å²) in [7, 11) is 0. The third-order valence-electron chi connectivity index (χ3n) is 4.24. The molecule has 0 aromatic carbocycles. The second kappa shape index (κ2) is 6.83. The zero-order chi connectivity index (χ0) is 13.8. The van der Waals surface area contributed by atoms with Crippen LogP contribution in [0.4, 0.5) is 0 Å². The molecule has 1 saturated carbocycles. The van der Waals surface area contributed by atoms with Gasteiger partial charge in [0.15, 0.2) is 0 Å². The van der Waals surface area contributed by atoms with Crippen LogP contribution >= 0.6 is 22.7 Å². The van der Waals surface area contributed by atoms with Gasteiger partial charge >= 0.3 is 0 Å². The molecule has 0 bridgehead atoms. The van der Waals surface area contributed by atoms with Crippen molar-refractivity contribution < 1.29 is 0 Å². The molecule has 1 aliphatic rings. The molecule has 2 nitrogen and oxygen atoms in total. The average Bonchev–Trinajstić information content (AvgIpc) is 3.22. The van der Waals surface area contributed by atoms with E-state index in [1.54, 1.807) is 11.3 Å². The summed E-state index contributed by atoms with van der Waals surface area (Å²) in [5, 5.41) is 9.34. The smallest absolute Gasteiger partial charge is 0.0965 e. The molecule has 2 aromatic rings. The lowest BCUT2D eigenvalue weighted by Crippen LogP contribution is -2.29. The molecule has 1 fully saturated rings. The minimum Gasteiger partial charge on any atom is -0.308 e. The van der Waals surface area contributed by atoms with Gasteiger partial charge in [0.2, 0.25) is 0 Å². The van der Waals surface area contributed by atoms with Crippen LogP contribution in [-0.4, -0.2) is 11.5 Å². The number of aromatic nitrogens is 1. The van der Waals surface area contributed by atoms with Gasteiger partial charge < -0.3 is 5.32 Å². The standard InChI is InChI=1S/C16H22N2S2/c1-12(16-17-8-10-20-16)11-18-15(13-5-2-3-6-13)14-7-4-9-19-14/h4,7-10,12-13,15,18H,2-3,5-6,11H2,1H3. The highest BCUT2D eigenvalue weighted by atomic mass is 32.1. The van der Waals surface area contributed by atoms with Crippen molar-refractivity contribution in [2.24, 2.45) is 5.92 Å². The van der Waals surface area contributed by atoms with Crippen molar-refractivity contribution in [3.63, 3.8) is 0 Å². The van der Waals surface area contributed by atoms with Gasteiger partial charge in [-0.3, -0.25) is 0 Å². The van der Waals surface area contributed by atoms with Crippen LogP contribution in [0.5, 0.6) is 0 Å². The van der Waals surface area contributed by atoms with Crippen LogP contribution in [0.2, 0.25) is 0 Å². The topological polar surface area (TPSA) is 24.9 Å². The summed E-state index contributed by atoms with van der Waals surface area (Å²) in [6, 6.07) is 5.00. The molecule has 0 saturated heterocycles. The van der Waals surface area contributed by atoms with E-state index >= 15 is 0 Å². The number of thiazole rings is 1. The SMILES string of the molecule is CC(CNC(c1cccs1)C1CCCC1)c1nccs1. The molecule has 108 valence electrons. The Balaban J connectivity index is 1.64. The van der Waals surface area contributed by atoms with E-state index in [1.807, 2.05) is 17.5 Å². The number of hydrogen-bond donors (Lipinski definition) is 1. The van der Waals surface area contributed by atoms with E-state index in [-0.39, 0.29) is 0 Å². The maximum atomic E-state index is 4.44. The van der Waals surface area contributed by atoms with Gasteiger partial charge in [-0.2, -0.15) is 0 Å². The maximum Gasteiger partial charge on any atom is 0.0965 e. The summed E-state index contributed by atoms with van der Waals surface area (Å²) < 4.78 is 0. The molecule has 0 amide bonds. The fourth-order valence-electron chi connectivity index (χ4n) is 3.13. The Morgan fingerprint density at radius 2 is 2.15 bits per heavy atom. The fraction of sp³-hybridized carbons (Fsp3) is 0.562. The van der Waals surface area contributed by atoms with Crippen LogP contribution in [0, 0.1) is 5.92 Å². The van der Waals surface area contributed by atoms with E-state index in [9.17, 15) is 0 Å². The van der Waals surface area contributed by atoms with Gasteiger partial charge in [-0.25, -0.2) is 4.98 Å². The normalized spacial score (nSPS) is 19.2. The lowest BCUT2D eigenvalue weighted by molar-refractivity contribution is 0.365. The Morgan fingerprint density at radius 1 is 1.30 bits per heavy atom. The lowest BCUT2D eigenvalue weighted by atomic mass is 9.96. The number of thiophene rings is 1. The molecule has 20 heavy (non-hydrogen) atoms. The third kappa shape index (κ3) is 3.30. The Bertz CT molecular complexity index is 487. The first-order valence-electron chi connectivity index (χ1n) is 7.51. The van der Waals surface area contributed by atoms with Crippen molar-refractivity contribution >= 4 is 22.7 Å². The largest absolute Gasteiger partial charge is 0.308 e. The van der Waals surface area contributed by atoms with Gasteiger partial charge in [0.05, 0.1) is 5.01 Å². The first-order chi connectivity index (χ1) is 9.84. The highest BCUT2D eigenvalue weighted by molar-refractivity contribution is 7.10. The van der Waals surface area contributed by atoms with Crippen LogP contribution in [0.25, 0.3) is 0 Å². The predicted molar refractivity (Wildman–Crippen MR) is 87.5 cm³/mol. The van der Waals surface area contributed by atoms with Crippen molar-refractivity contribution in [2.45, 2.75) is 44.6 Å². The zero-order valence-corrected chi connectivity index (χ0v) is 13.6. The highest BCUT2D eigenvalue weighted by Gasteiger charge is 2.27. The van der Waals surface area contributed by atoms with Crippen LogP contribution in [0.15, 0.2) is 29.1 Å². The number of nitrogens with one attached hydrogen (secondary N) is 1. The molecule has 2 atom stereocenters. The number of rotatable bonds is 6. The van der Waals surface area contributed by atoms with Crippen molar-refractivity contribution in [1.29, 1.82) is 0 Å². The fourth-order valence-corrected chi connectivity index (χ4v) is 4.72. The summed E-state index contributed by atoms with van der Waals surface area (Å²) in [6.07, 6.45) is 7.46. The molecule has 2 unspecified atom stereocenters. The van der Waals surface area contributed by atoms with Crippen molar-refractivity contribution in [1.82, 2.24) is 10.3 Å². The second-order valence-electron chi connectivity index (χ2n) is 5.72. The van der Waals surface area contributed by atoms with Gasteiger partial charge in [-0.05, 0) is 30.2 Å². The summed E-state index contributed by atoms with van der Waals surface area (Å²) in [5.74, 6) is 1.32. The van der Waals surface area contributed by atoms with Crippen molar-refractivity contribution in [3.8, 4) is 0 Å². The van der Waals surface area contributed by atoms with E-state index in [1.165, 1.54) is 35.6 Å². The predicted octanol–water partition coefficient (Wildman–Crippen LogP) is 4.83. The molecular weight excluding hydrogens is 284 g/mol. The van der Waals surface area contributed by atoms with Crippen LogP contribution in [-0.2, 0) is 0 Å². The van der Waals surface area contributed by atoms with E-state index in [0.717, 1.165) is 12.5 Å². The Labute approximate surface area is 129 Å². The molecule has 0 radical (unpaired) electrons.